The van der Waals surface area contributed by atoms with Crippen LogP contribution < -0.4 is 0 Å². The van der Waals surface area contributed by atoms with Crippen LogP contribution in [0.15, 0.2) is 30.3 Å². The molecule has 0 aliphatic heterocycles. The molecule has 0 saturated heterocycles. The molecule has 4 heteroatoms. The third-order valence-corrected chi connectivity index (χ3v) is 13.3. The Hall–Kier alpha value is -0.973. The van der Waals surface area contributed by atoms with Gasteiger partial charge < -0.3 is 14.0 Å². The van der Waals surface area contributed by atoms with Crippen molar-refractivity contribution in [1.82, 2.24) is 0 Å². The second-order valence-electron chi connectivity index (χ2n) is 13.3. The van der Waals surface area contributed by atoms with E-state index < -0.39 is 8.32 Å². The highest BCUT2D eigenvalue weighted by atomic mass is 28.4. The fourth-order valence-corrected chi connectivity index (χ4v) is 6.39. The van der Waals surface area contributed by atoms with E-state index >= 15 is 0 Å². The first kappa shape index (κ1) is 36.1. The molecule has 3 atom stereocenters. The van der Waals surface area contributed by atoms with Gasteiger partial charge in [0, 0.05) is 5.92 Å². The Labute approximate surface area is 244 Å². The number of unbranched alkanes of at least 4 members (excludes halogenated alkanes) is 11. The highest BCUT2D eigenvalue weighted by molar-refractivity contribution is 6.74. The molecule has 39 heavy (non-hydrogen) atoms. The van der Waals surface area contributed by atoms with E-state index in [1.165, 1.54) is 88.9 Å². The zero-order chi connectivity index (χ0) is 29.0. The maximum absolute atomic E-state index is 12.4. The summed E-state index contributed by atoms with van der Waals surface area (Å²) in [5.74, 6) is -0.0538. The minimum absolute atomic E-state index is 0.0538. The molecule has 0 heterocycles. The van der Waals surface area contributed by atoms with Crippen molar-refractivity contribution in [1.29, 1.82) is 0 Å². The summed E-state index contributed by atoms with van der Waals surface area (Å²) in [6, 6.07) is 10.5. The van der Waals surface area contributed by atoms with Crippen LogP contribution in [0.4, 0.5) is 0 Å². The minimum atomic E-state index is -2.03. The molecule has 0 N–H and O–H groups in total. The molecule has 0 fully saturated rings. The van der Waals surface area contributed by atoms with Crippen molar-refractivity contribution in [2.24, 2.45) is 5.92 Å². The van der Waals surface area contributed by atoms with Crippen molar-refractivity contribution < 1.29 is 14.0 Å². The number of carbonyl (C=O) groups is 1. The molecular weight excluding hydrogens is 496 g/mol. The lowest BCUT2D eigenvalue weighted by molar-refractivity contribution is -0.115. The highest BCUT2D eigenvalue weighted by Crippen LogP contribution is 2.39. The number of hydrogen-bond acceptors (Lipinski definition) is 3. The SMILES string of the molecule is CCCCCCCCCCC[C@H](C[C@H](O[Si](C)(C)C(C)(C)C)[C@H](C=O)CCCCCC)OCc1ccccc1. The lowest BCUT2D eigenvalue weighted by Crippen LogP contribution is -2.47. The zero-order valence-corrected chi connectivity index (χ0v) is 27.9. The number of benzene rings is 1. The van der Waals surface area contributed by atoms with E-state index in [1.807, 2.05) is 0 Å². The summed E-state index contributed by atoms with van der Waals surface area (Å²) in [5.41, 5.74) is 1.21. The molecule has 0 aliphatic carbocycles. The van der Waals surface area contributed by atoms with Gasteiger partial charge in [0.25, 0.3) is 0 Å². The third-order valence-electron chi connectivity index (χ3n) is 8.75. The summed E-state index contributed by atoms with van der Waals surface area (Å²) in [6.45, 7) is 16.7. The molecule has 1 aromatic rings. The van der Waals surface area contributed by atoms with Crippen LogP contribution in [-0.4, -0.2) is 26.8 Å². The van der Waals surface area contributed by atoms with Gasteiger partial charge in [-0.25, -0.2) is 0 Å². The smallest absolute Gasteiger partial charge is 0.192 e. The van der Waals surface area contributed by atoms with E-state index in [0.29, 0.717) is 6.61 Å². The molecule has 0 aromatic heterocycles. The number of ether oxygens (including phenoxy) is 1. The van der Waals surface area contributed by atoms with Crippen LogP contribution in [0.3, 0.4) is 0 Å². The summed E-state index contributed by atoms with van der Waals surface area (Å²) in [6.07, 6.45) is 20.7. The molecule has 0 amide bonds. The van der Waals surface area contributed by atoms with Gasteiger partial charge in [-0.3, -0.25) is 0 Å². The second-order valence-corrected chi connectivity index (χ2v) is 18.1. The van der Waals surface area contributed by atoms with E-state index in [-0.39, 0.29) is 23.2 Å². The number of hydrogen-bond donors (Lipinski definition) is 0. The Morgan fingerprint density at radius 2 is 1.28 bits per heavy atom. The van der Waals surface area contributed by atoms with Crippen molar-refractivity contribution in [3.05, 3.63) is 35.9 Å². The number of aldehydes is 1. The second kappa shape index (κ2) is 20.8. The molecule has 0 aliphatic rings. The van der Waals surface area contributed by atoms with E-state index in [0.717, 1.165) is 25.7 Å². The van der Waals surface area contributed by atoms with Gasteiger partial charge in [0.05, 0.1) is 18.8 Å². The van der Waals surface area contributed by atoms with Crippen LogP contribution in [0.5, 0.6) is 0 Å². The summed E-state index contributed by atoms with van der Waals surface area (Å²) in [5, 5.41) is 0.110. The molecule has 0 radical (unpaired) electrons. The van der Waals surface area contributed by atoms with Crippen LogP contribution in [0.1, 0.15) is 143 Å². The summed E-state index contributed by atoms with van der Waals surface area (Å²) in [4.78, 5) is 12.4. The van der Waals surface area contributed by atoms with Gasteiger partial charge >= 0.3 is 0 Å². The number of rotatable bonds is 24. The highest BCUT2D eigenvalue weighted by Gasteiger charge is 2.41. The van der Waals surface area contributed by atoms with E-state index in [9.17, 15) is 4.79 Å². The molecular formula is C35H64O3Si. The molecule has 0 bridgehead atoms. The Bertz CT molecular complexity index is 712. The van der Waals surface area contributed by atoms with Gasteiger partial charge in [0.2, 0.25) is 0 Å². The van der Waals surface area contributed by atoms with Crippen LogP contribution in [0.2, 0.25) is 18.1 Å². The van der Waals surface area contributed by atoms with Crippen molar-refractivity contribution in [2.75, 3.05) is 0 Å². The monoisotopic (exact) mass is 560 g/mol. The van der Waals surface area contributed by atoms with Crippen LogP contribution in [-0.2, 0) is 20.6 Å². The first-order valence-corrected chi connectivity index (χ1v) is 19.3. The Morgan fingerprint density at radius 1 is 0.769 bits per heavy atom. The fourth-order valence-electron chi connectivity index (χ4n) is 5.01. The fraction of sp³-hybridized carbons (Fsp3) is 0.800. The predicted octanol–water partition coefficient (Wildman–Crippen LogP) is 11.1. The molecule has 226 valence electrons. The average Bonchev–Trinajstić information content (AvgIpc) is 2.90. The largest absolute Gasteiger partial charge is 0.413 e. The average molecular weight is 561 g/mol. The van der Waals surface area contributed by atoms with Gasteiger partial charge in [-0.15, -0.1) is 0 Å². The van der Waals surface area contributed by atoms with Gasteiger partial charge in [0.15, 0.2) is 8.32 Å². The lowest BCUT2D eigenvalue weighted by Gasteiger charge is -2.41. The summed E-state index contributed by atoms with van der Waals surface area (Å²) >= 11 is 0. The van der Waals surface area contributed by atoms with Crippen LogP contribution in [0.25, 0.3) is 0 Å². The Morgan fingerprint density at radius 3 is 1.82 bits per heavy atom. The van der Waals surface area contributed by atoms with Gasteiger partial charge in [-0.2, -0.15) is 0 Å². The van der Waals surface area contributed by atoms with E-state index in [4.69, 9.17) is 9.16 Å². The first-order valence-electron chi connectivity index (χ1n) is 16.4. The van der Waals surface area contributed by atoms with E-state index in [1.54, 1.807) is 0 Å². The van der Waals surface area contributed by atoms with Crippen LogP contribution in [0, 0.1) is 5.92 Å². The zero-order valence-electron chi connectivity index (χ0n) is 26.9. The Kier molecular flexibility index (Phi) is 19.3. The molecule has 1 rings (SSSR count). The standard InChI is InChI=1S/C35H64O3Si/c1-8-10-12-14-15-16-17-18-23-27-33(37-30-31-24-20-19-21-25-31)28-34(38-39(6,7)35(3,4)5)32(29-36)26-22-13-11-9-2/h19-21,24-25,29,32-34H,8-18,22-23,26-28,30H2,1-7H3/t32-,33+,34-/m0/s1. The Balaban J connectivity index is 2.88. The van der Waals surface area contributed by atoms with Crippen molar-refractivity contribution in [3.63, 3.8) is 0 Å². The lowest BCUT2D eigenvalue weighted by atomic mass is 9.91. The van der Waals surface area contributed by atoms with Crippen molar-refractivity contribution in [2.45, 2.75) is 174 Å². The third kappa shape index (κ3) is 16.2. The summed E-state index contributed by atoms with van der Waals surface area (Å²) in [7, 11) is -2.03. The summed E-state index contributed by atoms with van der Waals surface area (Å²) < 4.78 is 13.6. The normalized spacial score (nSPS) is 14.7. The van der Waals surface area contributed by atoms with Crippen molar-refractivity contribution in [3.8, 4) is 0 Å². The number of carbonyl (C=O) groups excluding carboxylic acids is 1. The van der Waals surface area contributed by atoms with E-state index in [2.05, 4.69) is 78.0 Å². The molecule has 0 unspecified atom stereocenters. The quantitative estimate of drug-likeness (QED) is 0.0716. The van der Waals surface area contributed by atoms with Crippen molar-refractivity contribution >= 4 is 14.6 Å². The maximum Gasteiger partial charge on any atom is 0.192 e. The molecule has 0 saturated carbocycles. The first-order chi connectivity index (χ1) is 18.6. The molecule has 1 aromatic carbocycles. The van der Waals surface area contributed by atoms with Gasteiger partial charge in [0.1, 0.15) is 6.29 Å². The molecule has 3 nitrogen and oxygen atoms in total. The topological polar surface area (TPSA) is 35.5 Å². The van der Waals surface area contributed by atoms with Gasteiger partial charge in [-0.05, 0) is 43.0 Å². The van der Waals surface area contributed by atoms with Crippen LogP contribution >= 0.6 is 0 Å². The van der Waals surface area contributed by atoms with Gasteiger partial charge in [-0.1, -0.05) is 148 Å². The maximum atomic E-state index is 12.4. The molecule has 0 spiro atoms. The minimum Gasteiger partial charge on any atom is -0.413 e. The predicted molar refractivity (Wildman–Crippen MR) is 172 cm³/mol.